The van der Waals surface area contributed by atoms with Gasteiger partial charge < -0.3 is 19.5 Å². The zero-order valence-corrected chi connectivity index (χ0v) is 16.1. The van der Waals surface area contributed by atoms with E-state index in [0.29, 0.717) is 12.8 Å². The van der Waals surface area contributed by atoms with Crippen molar-refractivity contribution in [2.24, 2.45) is 5.92 Å². The number of furan rings is 1. The van der Waals surface area contributed by atoms with Gasteiger partial charge in [0.05, 0.1) is 23.9 Å². The summed E-state index contributed by atoms with van der Waals surface area (Å²) in [6, 6.07) is 2.87. The number of aliphatic hydroxyl groups is 2. The van der Waals surface area contributed by atoms with E-state index < -0.39 is 42.5 Å². The Kier molecular flexibility index (Phi) is 5.44. The van der Waals surface area contributed by atoms with E-state index in [2.05, 4.69) is 5.32 Å². The third-order valence-corrected chi connectivity index (χ3v) is 5.99. The number of alkyl halides is 5. The minimum absolute atomic E-state index is 0.0393. The molecule has 4 rings (SSSR count). The predicted octanol–water partition coefficient (Wildman–Crippen LogP) is 4.04. The molecule has 10 heteroatoms. The van der Waals surface area contributed by atoms with Crippen LogP contribution in [0.2, 0.25) is 0 Å². The first-order valence-corrected chi connectivity index (χ1v) is 9.92. The SMILES string of the molecule is OC1CCC(C(F)(F)CN2CCNC(O)c3oc4ccc(C(F)(F)F)cc4c32)CC1. The van der Waals surface area contributed by atoms with Gasteiger partial charge in [0.25, 0.3) is 5.92 Å². The number of anilines is 1. The number of hydrogen-bond donors (Lipinski definition) is 3. The lowest BCUT2D eigenvalue weighted by Gasteiger charge is -2.35. The molecule has 30 heavy (non-hydrogen) atoms. The van der Waals surface area contributed by atoms with Crippen LogP contribution in [0.1, 0.15) is 43.2 Å². The zero-order chi connectivity index (χ0) is 21.7. The number of fused-ring (bicyclic) bond motifs is 3. The lowest BCUT2D eigenvalue weighted by molar-refractivity contribution is -0.137. The fourth-order valence-corrected chi connectivity index (χ4v) is 4.37. The summed E-state index contributed by atoms with van der Waals surface area (Å²) in [5.41, 5.74) is -0.771. The molecule has 1 atom stereocenters. The van der Waals surface area contributed by atoms with E-state index in [-0.39, 0.29) is 48.3 Å². The van der Waals surface area contributed by atoms with E-state index in [0.717, 1.165) is 18.2 Å². The molecular weight excluding hydrogens is 411 g/mol. The average Bonchev–Trinajstić information content (AvgIpc) is 2.98. The van der Waals surface area contributed by atoms with Crippen LogP contribution >= 0.6 is 0 Å². The van der Waals surface area contributed by atoms with Crippen molar-refractivity contribution < 1.29 is 36.6 Å². The minimum Gasteiger partial charge on any atom is -0.455 e. The van der Waals surface area contributed by atoms with Crippen LogP contribution in [0.25, 0.3) is 11.0 Å². The summed E-state index contributed by atoms with van der Waals surface area (Å²) in [7, 11) is 0. The van der Waals surface area contributed by atoms with Gasteiger partial charge in [-0.25, -0.2) is 8.78 Å². The molecule has 2 aliphatic rings. The average molecular weight is 434 g/mol. The maximum Gasteiger partial charge on any atom is 0.416 e. The highest BCUT2D eigenvalue weighted by atomic mass is 19.4. The van der Waals surface area contributed by atoms with Gasteiger partial charge in [-0.05, 0) is 43.9 Å². The van der Waals surface area contributed by atoms with E-state index in [1.807, 2.05) is 0 Å². The second-order valence-corrected chi connectivity index (χ2v) is 8.07. The molecule has 2 aromatic rings. The van der Waals surface area contributed by atoms with Crippen molar-refractivity contribution >= 4 is 16.7 Å². The fraction of sp³-hybridized carbons (Fsp3) is 0.600. The van der Waals surface area contributed by atoms with Gasteiger partial charge in [0.15, 0.2) is 12.0 Å². The molecule has 1 saturated carbocycles. The number of nitrogens with zero attached hydrogens (tertiary/aromatic N) is 1. The number of benzene rings is 1. The molecule has 0 radical (unpaired) electrons. The van der Waals surface area contributed by atoms with Gasteiger partial charge in [-0.15, -0.1) is 0 Å². The van der Waals surface area contributed by atoms with Crippen molar-refractivity contribution in [3.05, 3.63) is 29.5 Å². The van der Waals surface area contributed by atoms with Gasteiger partial charge in [0.2, 0.25) is 0 Å². The first kappa shape index (κ1) is 21.3. The molecule has 0 spiro atoms. The van der Waals surface area contributed by atoms with Crippen LogP contribution in [0.3, 0.4) is 0 Å². The van der Waals surface area contributed by atoms with Crippen LogP contribution < -0.4 is 10.2 Å². The number of rotatable bonds is 3. The van der Waals surface area contributed by atoms with Gasteiger partial charge >= 0.3 is 6.18 Å². The smallest absolute Gasteiger partial charge is 0.416 e. The molecule has 1 aromatic heterocycles. The van der Waals surface area contributed by atoms with E-state index in [9.17, 15) is 23.4 Å². The lowest BCUT2D eigenvalue weighted by atomic mass is 9.83. The first-order valence-electron chi connectivity index (χ1n) is 9.92. The van der Waals surface area contributed by atoms with E-state index >= 15 is 8.78 Å². The quantitative estimate of drug-likeness (QED) is 0.637. The molecule has 2 heterocycles. The van der Waals surface area contributed by atoms with Crippen LogP contribution in [0.4, 0.5) is 27.6 Å². The fourth-order valence-electron chi connectivity index (χ4n) is 4.37. The van der Waals surface area contributed by atoms with Crippen LogP contribution in [-0.4, -0.2) is 41.9 Å². The molecule has 3 N–H and O–H groups in total. The van der Waals surface area contributed by atoms with Crippen LogP contribution in [0.5, 0.6) is 0 Å². The van der Waals surface area contributed by atoms with Gasteiger partial charge in [-0.1, -0.05) is 0 Å². The number of halogens is 5. The van der Waals surface area contributed by atoms with Gasteiger partial charge in [0.1, 0.15) is 5.58 Å². The third kappa shape index (κ3) is 4.00. The molecule has 0 amide bonds. The normalized spacial score (nSPS) is 26.0. The van der Waals surface area contributed by atoms with Crippen LogP contribution in [0.15, 0.2) is 22.6 Å². The topological polar surface area (TPSA) is 68.9 Å². The van der Waals surface area contributed by atoms with Crippen molar-refractivity contribution in [2.75, 3.05) is 24.5 Å². The molecular formula is C20H23F5N2O3. The Morgan fingerprint density at radius 1 is 1.07 bits per heavy atom. The minimum atomic E-state index is -4.60. The summed E-state index contributed by atoms with van der Waals surface area (Å²) in [5, 5.41) is 22.7. The zero-order valence-electron chi connectivity index (χ0n) is 16.1. The standard InChI is InChI=1S/C20H23F5N2O3/c21-19(22,11-1-4-13(28)5-2-11)10-27-8-7-26-18(29)17-16(27)14-9-12(20(23,24)25)3-6-15(14)30-17/h3,6,9,11,13,18,26,28-29H,1-2,4-5,7-8,10H2. The molecule has 0 saturated heterocycles. The van der Waals surface area contributed by atoms with Crippen molar-refractivity contribution in [3.8, 4) is 0 Å². The summed E-state index contributed by atoms with van der Waals surface area (Å²) in [5.74, 6) is -4.11. The maximum absolute atomic E-state index is 15.1. The highest BCUT2D eigenvalue weighted by molar-refractivity contribution is 5.94. The summed E-state index contributed by atoms with van der Waals surface area (Å²) in [6.45, 7) is -0.481. The molecule has 1 unspecified atom stereocenters. The Morgan fingerprint density at radius 2 is 1.77 bits per heavy atom. The summed E-state index contributed by atoms with van der Waals surface area (Å²) in [4.78, 5) is 1.30. The molecule has 1 fully saturated rings. The Hall–Kier alpha value is -1.91. The van der Waals surface area contributed by atoms with Gasteiger partial charge in [0, 0.05) is 24.4 Å². The van der Waals surface area contributed by atoms with Crippen molar-refractivity contribution in [3.63, 3.8) is 0 Å². The second-order valence-electron chi connectivity index (χ2n) is 8.07. The summed E-state index contributed by atoms with van der Waals surface area (Å²) in [6.07, 6.45) is -5.52. The highest BCUT2D eigenvalue weighted by Gasteiger charge is 2.44. The molecule has 5 nitrogen and oxygen atoms in total. The van der Waals surface area contributed by atoms with Crippen molar-refractivity contribution in [1.29, 1.82) is 0 Å². The molecule has 166 valence electrons. The van der Waals surface area contributed by atoms with E-state index in [1.54, 1.807) is 0 Å². The third-order valence-electron chi connectivity index (χ3n) is 5.99. The summed E-state index contributed by atoms with van der Waals surface area (Å²) < 4.78 is 75.4. The highest BCUT2D eigenvalue weighted by Crippen LogP contribution is 2.43. The maximum atomic E-state index is 15.1. The Bertz CT molecular complexity index is 906. The van der Waals surface area contributed by atoms with Gasteiger partial charge in [-0.3, -0.25) is 5.32 Å². The van der Waals surface area contributed by atoms with Crippen LogP contribution in [0, 0.1) is 5.92 Å². The Morgan fingerprint density at radius 3 is 2.43 bits per heavy atom. The summed E-state index contributed by atoms with van der Waals surface area (Å²) >= 11 is 0. The van der Waals surface area contributed by atoms with Crippen LogP contribution in [-0.2, 0) is 6.18 Å². The van der Waals surface area contributed by atoms with E-state index in [4.69, 9.17) is 4.42 Å². The first-order chi connectivity index (χ1) is 14.1. The van der Waals surface area contributed by atoms with Crippen molar-refractivity contribution in [1.82, 2.24) is 5.32 Å². The van der Waals surface area contributed by atoms with Gasteiger partial charge in [-0.2, -0.15) is 13.2 Å². The second kappa shape index (κ2) is 7.65. The monoisotopic (exact) mass is 434 g/mol. The molecule has 0 bridgehead atoms. The number of hydrogen-bond acceptors (Lipinski definition) is 5. The predicted molar refractivity (Wildman–Crippen MR) is 99.3 cm³/mol. The largest absolute Gasteiger partial charge is 0.455 e. The molecule has 1 aliphatic carbocycles. The Balaban J connectivity index is 1.72. The Labute approximate surface area is 169 Å². The van der Waals surface area contributed by atoms with Crippen molar-refractivity contribution in [2.45, 2.75) is 50.1 Å². The molecule has 1 aliphatic heterocycles. The molecule has 1 aromatic carbocycles. The number of aliphatic hydroxyl groups excluding tert-OH is 2. The number of nitrogens with one attached hydrogen (secondary N) is 1. The van der Waals surface area contributed by atoms with E-state index in [1.165, 1.54) is 4.90 Å². The lowest BCUT2D eigenvalue weighted by Crippen LogP contribution is -2.45.